The van der Waals surface area contributed by atoms with Gasteiger partial charge in [-0.25, -0.2) is 0 Å². The Morgan fingerprint density at radius 1 is 1.35 bits per heavy atom. The fourth-order valence-electron chi connectivity index (χ4n) is 1.60. The summed E-state index contributed by atoms with van der Waals surface area (Å²) < 4.78 is 0. The highest BCUT2D eigenvalue weighted by molar-refractivity contribution is 6.33. The predicted molar refractivity (Wildman–Crippen MR) is 69.3 cm³/mol. The second kappa shape index (κ2) is 6.03. The summed E-state index contributed by atoms with van der Waals surface area (Å²) in [6.07, 6.45) is -0.552. The van der Waals surface area contributed by atoms with Crippen molar-refractivity contribution in [2.24, 2.45) is 0 Å². The maximum atomic E-state index is 12.3. The molecule has 1 amide bonds. The fourth-order valence-corrected chi connectivity index (χ4v) is 1.82. The lowest BCUT2D eigenvalue weighted by molar-refractivity contribution is 0.0579. The van der Waals surface area contributed by atoms with Gasteiger partial charge in [-0.1, -0.05) is 23.7 Å². The average Bonchev–Trinajstić information content (AvgIpc) is 2.25. The summed E-state index contributed by atoms with van der Waals surface area (Å²) in [5.41, 5.74) is 0.475. The largest absolute Gasteiger partial charge is 0.392 e. The van der Waals surface area contributed by atoms with E-state index < -0.39 is 6.10 Å². The van der Waals surface area contributed by atoms with Crippen molar-refractivity contribution in [1.82, 2.24) is 4.90 Å². The zero-order chi connectivity index (χ0) is 13.0. The normalized spacial score (nSPS) is 12.6. The fraction of sp³-hybridized carbons (Fsp3) is 0.462. The van der Waals surface area contributed by atoms with E-state index in [1.54, 1.807) is 36.1 Å². The molecule has 0 spiro atoms. The number of nitrogens with zero attached hydrogens (tertiary/aromatic N) is 1. The van der Waals surface area contributed by atoms with Crippen molar-refractivity contribution < 1.29 is 9.90 Å². The van der Waals surface area contributed by atoms with Gasteiger partial charge in [0.25, 0.3) is 5.91 Å². The standard InChI is InChI=1S/C13H18ClNO2/c1-9(2)15(8-10(3)16)13(17)11-6-4-5-7-12(11)14/h4-7,9-10,16H,8H2,1-3H3. The Labute approximate surface area is 107 Å². The monoisotopic (exact) mass is 255 g/mol. The summed E-state index contributed by atoms with van der Waals surface area (Å²) in [5.74, 6) is -0.147. The molecule has 3 nitrogen and oxygen atoms in total. The maximum absolute atomic E-state index is 12.3. The number of rotatable bonds is 4. The van der Waals surface area contributed by atoms with Gasteiger partial charge >= 0.3 is 0 Å². The van der Waals surface area contributed by atoms with Gasteiger partial charge in [-0.3, -0.25) is 4.79 Å². The Morgan fingerprint density at radius 3 is 2.41 bits per heavy atom. The Kier molecular flexibility index (Phi) is 4.97. The van der Waals surface area contributed by atoms with Gasteiger partial charge in [-0.2, -0.15) is 0 Å². The molecule has 0 aliphatic rings. The average molecular weight is 256 g/mol. The van der Waals surface area contributed by atoms with Crippen molar-refractivity contribution in [2.75, 3.05) is 6.54 Å². The lowest BCUT2D eigenvalue weighted by atomic mass is 10.1. The van der Waals surface area contributed by atoms with E-state index in [0.29, 0.717) is 17.1 Å². The van der Waals surface area contributed by atoms with Crippen LogP contribution >= 0.6 is 11.6 Å². The number of aliphatic hydroxyl groups is 1. The van der Waals surface area contributed by atoms with Crippen molar-refractivity contribution in [3.05, 3.63) is 34.9 Å². The minimum Gasteiger partial charge on any atom is -0.392 e. The van der Waals surface area contributed by atoms with Crippen LogP contribution in [-0.4, -0.2) is 34.6 Å². The quantitative estimate of drug-likeness (QED) is 0.898. The number of benzene rings is 1. The van der Waals surface area contributed by atoms with Crippen molar-refractivity contribution in [3.63, 3.8) is 0 Å². The molecule has 0 saturated carbocycles. The van der Waals surface area contributed by atoms with Crippen molar-refractivity contribution in [1.29, 1.82) is 0 Å². The molecule has 0 fully saturated rings. The first kappa shape index (κ1) is 14.0. The molecule has 0 aliphatic heterocycles. The molecule has 0 saturated heterocycles. The Morgan fingerprint density at radius 2 is 1.94 bits per heavy atom. The Hall–Kier alpha value is -1.06. The molecule has 0 aliphatic carbocycles. The van der Waals surface area contributed by atoms with E-state index in [-0.39, 0.29) is 11.9 Å². The van der Waals surface area contributed by atoms with Crippen molar-refractivity contribution >= 4 is 17.5 Å². The van der Waals surface area contributed by atoms with Crippen LogP contribution in [0.15, 0.2) is 24.3 Å². The van der Waals surface area contributed by atoms with Crippen LogP contribution < -0.4 is 0 Å². The number of aliphatic hydroxyl groups excluding tert-OH is 1. The first-order chi connectivity index (χ1) is 7.93. The summed E-state index contributed by atoms with van der Waals surface area (Å²) in [6.45, 7) is 5.80. The van der Waals surface area contributed by atoms with Crippen molar-refractivity contribution in [3.8, 4) is 0 Å². The highest BCUT2D eigenvalue weighted by atomic mass is 35.5. The molecule has 4 heteroatoms. The van der Waals surface area contributed by atoms with Crippen LogP contribution in [0.1, 0.15) is 31.1 Å². The van der Waals surface area contributed by atoms with Crippen LogP contribution in [0.25, 0.3) is 0 Å². The molecule has 1 atom stereocenters. The first-order valence-electron chi connectivity index (χ1n) is 5.67. The van der Waals surface area contributed by atoms with Gasteiger partial charge in [0, 0.05) is 12.6 Å². The molecule has 1 aromatic rings. The maximum Gasteiger partial charge on any atom is 0.255 e. The van der Waals surface area contributed by atoms with E-state index in [9.17, 15) is 9.90 Å². The van der Waals surface area contributed by atoms with Gasteiger partial charge < -0.3 is 10.0 Å². The van der Waals surface area contributed by atoms with Crippen LogP contribution in [0.3, 0.4) is 0 Å². The second-order valence-corrected chi connectivity index (χ2v) is 4.79. The molecular formula is C13H18ClNO2. The summed E-state index contributed by atoms with van der Waals surface area (Å²) in [6, 6.07) is 6.97. The molecule has 0 bridgehead atoms. The second-order valence-electron chi connectivity index (χ2n) is 4.38. The van der Waals surface area contributed by atoms with E-state index in [1.165, 1.54) is 0 Å². The topological polar surface area (TPSA) is 40.5 Å². The van der Waals surface area contributed by atoms with Crippen LogP contribution in [0, 0.1) is 0 Å². The summed E-state index contributed by atoms with van der Waals surface area (Å²) in [7, 11) is 0. The van der Waals surface area contributed by atoms with Gasteiger partial charge in [0.1, 0.15) is 0 Å². The van der Waals surface area contributed by atoms with Gasteiger partial charge in [0.05, 0.1) is 16.7 Å². The Balaban J connectivity index is 2.96. The highest BCUT2D eigenvalue weighted by Crippen LogP contribution is 2.18. The van der Waals surface area contributed by atoms with Gasteiger partial charge in [-0.15, -0.1) is 0 Å². The zero-order valence-corrected chi connectivity index (χ0v) is 11.1. The highest BCUT2D eigenvalue weighted by Gasteiger charge is 2.21. The third-order valence-corrected chi connectivity index (χ3v) is 2.78. The molecule has 1 aromatic carbocycles. The van der Waals surface area contributed by atoms with Gasteiger partial charge in [-0.05, 0) is 32.9 Å². The number of hydrogen-bond acceptors (Lipinski definition) is 2. The number of amides is 1. The summed E-state index contributed by atoms with van der Waals surface area (Å²) in [4.78, 5) is 13.9. The number of hydrogen-bond donors (Lipinski definition) is 1. The van der Waals surface area contributed by atoms with Gasteiger partial charge in [0.2, 0.25) is 0 Å². The molecule has 1 N–H and O–H groups in total. The van der Waals surface area contributed by atoms with E-state index in [1.807, 2.05) is 13.8 Å². The van der Waals surface area contributed by atoms with E-state index in [4.69, 9.17) is 11.6 Å². The van der Waals surface area contributed by atoms with E-state index in [2.05, 4.69) is 0 Å². The molecule has 0 heterocycles. The van der Waals surface area contributed by atoms with E-state index in [0.717, 1.165) is 0 Å². The number of halogens is 1. The molecule has 1 rings (SSSR count). The lowest BCUT2D eigenvalue weighted by Gasteiger charge is -2.28. The van der Waals surface area contributed by atoms with Gasteiger partial charge in [0.15, 0.2) is 0 Å². The molecular weight excluding hydrogens is 238 g/mol. The molecule has 0 radical (unpaired) electrons. The molecule has 94 valence electrons. The minimum absolute atomic E-state index is 0.0216. The van der Waals surface area contributed by atoms with E-state index >= 15 is 0 Å². The third-order valence-electron chi connectivity index (χ3n) is 2.45. The third kappa shape index (κ3) is 3.72. The first-order valence-corrected chi connectivity index (χ1v) is 6.04. The van der Waals surface area contributed by atoms with Crippen LogP contribution in [0.2, 0.25) is 5.02 Å². The minimum atomic E-state index is -0.552. The Bertz CT molecular complexity index is 391. The summed E-state index contributed by atoms with van der Waals surface area (Å²) in [5, 5.41) is 9.85. The number of carbonyl (C=O) groups excluding carboxylic acids is 1. The molecule has 1 unspecified atom stereocenters. The molecule has 0 aromatic heterocycles. The van der Waals surface area contributed by atoms with Crippen LogP contribution in [0.5, 0.6) is 0 Å². The lowest BCUT2D eigenvalue weighted by Crippen LogP contribution is -2.41. The molecule has 17 heavy (non-hydrogen) atoms. The van der Waals surface area contributed by atoms with Crippen LogP contribution in [-0.2, 0) is 0 Å². The smallest absolute Gasteiger partial charge is 0.255 e. The summed E-state index contributed by atoms with van der Waals surface area (Å²) >= 11 is 5.99. The predicted octanol–water partition coefficient (Wildman–Crippen LogP) is 2.57. The SMILES string of the molecule is CC(O)CN(C(=O)c1ccccc1Cl)C(C)C. The van der Waals surface area contributed by atoms with Crippen molar-refractivity contribution in [2.45, 2.75) is 32.9 Å². The zero-order valence-electron chi connectivity index (χ0n) is 10.4. The number of carbonyl (C=O) groups is 1. The van der Waals surface area contributed by atoms with Crippen LogP contribution in [0.4, 0.5) is 0 Å².